The van der Waals surface area contributed by atoms with Crippen molar-refractivity contribution >= 4 is 24.2 Å². The average Bonchev–Trinajstić information content (AvgIpc) is 2.75. The van der Waals surface area contributed by atoms with Crippen LogP contribution in [-0.2, 0) is 9.59 Å². The van der Waals surface area contributed by atoms with E-state index in [0.29, 0.717) is 25.6 Å². The summed E-state index contributed by atoms with van der Waals surface area (Å²) in [6.07, 6.45) is 9.03. The van der Waals surface area contributed by atoms with Crippen molar-refractivity contribution < 1.29 is 9.59 Å². The number of piperidine rings is 1. The molecule has 128 valence electrons. The van der Waals surface area contributed by atoms with Gasteiger partial charge in [0.05, 0.1) is 0 Å². The standard InChI is InChI=1S/C16H29N3O2.ClH/c1-19-11-8-13(12-15(19)20)16(21)18-10-9-17-14-6-4-2-3-5-7-14;/h13-14,17H,2-12H2,1H3,(H,18,21);1H. The Bertz CT molecular complexity index is 357. The smallest absolute Gasteiger partial charge is 0.223 e. The average molecular weight is 332 g/mol. The fourth-order valence-corrected chi connectivity index (χ4v) is 3.26. The van der Waals surface area contributed by atoms with Crippen LogP contribution >= 0.6 is 12.4 Å². The molecule has 1 saturated carbocycles. The van der Waals surface area contributed by atoms with Gasteiger partial charge >= 0.3 is 0 Å². The van der Waals surface area contributed by atoms with Crippen LogP contribution in [0.1, 0.15) is 51.4 Å². The van der Waals surface area contributed by atoms with E-state index in [4.69, 9.17) is 0 Å². The van der Waals surface area contributed by atoms with Crippen molar-refractivity contribution in [3.8, 4) is 0 Å². The highest BCUT2D eigenvalue weighted by Gasteiger charge is 2.28. The van der Waals surface area contributed by atoms with Gasteiger partial charge in [-0.15, -0.1) is 12.4 Å². The number of nitrogens with one attached hydrogen (secondary N) is 2. The Morgan fingerprint density at radius 3 is 2.45 bits per heavy atom. The Kier molecular flexibility index (Phi) is 8.79. The van der Waals surface area contributed by atoms with Crippen LogP contribution in [-0.4, -0.2) is 49.4 Å². The summed E-state index contributed by atoms with van der Waals surface area (Å²) in [5.74, 6) is -0.0105. The predicted octanol–water partition coefficient (Wildman–Crippen LogP) is 1.71. The molecule has 22 heavy (non-hydrogen) atoms. The van der Waals surface area contributed by atoms with Crippen LogP contribution in [0.25, 0.3) is 0 Å². The van der Waals surface area contributed by atoms with Crippen LogP contribution in [0, 0.1) is 5.92 Å². The minimum atomic E-state index is -0.133. The van der Waals surface area contributed by atoms with Crippen molar-refractivity contribution in [3.63, 3.8) is 0 Å². The number of carbonyl (C=O) groups is 2. The van der Waals surface area contributed by atoms with E-state index >= 15 is 0 Å². The van der Waals surface area contributed by atoms with Crippen molar-refractivity contribution in [2.24, 2.45) is 5.92 Å². The molecule has 2 fully saturated rings. The molecule has 1 saturated heterocycles. The molecule has 5 nitrogen and oxygen atoms in total. The molecule has 2 rings (SSSR count). The molecule has 0 aromatic heterocycles. The minimum absolute atomic E-state index is 0. The Balaban J connectivity index is 0.00000242. The summed E-state index contributed by atoms with van der Waals surface area (Å²) in [7, 11) is 1.80. The quantitative estimate of drug-likeness (QED) is 0.595. The van der Waals surface area contributed by atoms with Crippen LogP contribution < -0.4 is 10.6 Å². The number of likely N-dealkylation sites (tertiary alicyclic amines) is 1. The summed E-state index contributed by atoms with van der Waals surface area (Å²) in [5, 5.41) is 6.52. The minimum Gasteiger partial charge on any atom is -0.355 e. The van der Waals surface area contributed by atoms with Crippen LogP contribution in [0.4, 0.5) is 0 Å². The fraction of sp³-hybridized carbons (Fsp3) is 0.875. The molecular weight excluding hydrogens is 302 g/mol. The molecule has 1 aliphatic heterocycles. The number of nitrogens with zero attached hydrogens (tertiary/aromatic N) is 1. The molecule has 0 aromatic carbocycles. The maximum atomic E-state index is 12.0. The summed E-state index contributed by atoms with van der Waals surface area (Å²) in [6, 6.07) is 0.620. The van der Waals surface area contributed by atoms with E-state index in [1.807, 2.05) is 0 Å². The normalized spacial score (nSPS) is 23.6. The monoisotopic (exact) mass is 331 g/mol. The lowest BCUT2D eigenvalue weighted by atomic mass is 9.96. The van der Waals surface area contributed by atoms with Gasteiger partial charge < -0.3 is 15.5 Å². The first kappa shape index (κ1) is 19.2. The third-order valence-electron chi connectivity index (χ3n) is 4.74. The van der Waals surface area contributed by atoms with E-state index in [1.54, 1.807) is 11.9 Å². The molecule has 6 heteroatoms. The van der Waals surface area contributed by atoms with Crippen molar-refractivity contribution in [1.29, 1.82) is 0 Å². The van der Waals surface area contributed by atoms with Gasteiger partial charge in [0.1, 0.15) is 0 Å². The number of rotatable bonds is 5. The highest BCUT2D eigenvalue weighted by Crippen LogP contribution is 2.18. The van der Waals surface area contributed by atoms with Crippen molar-refractivity contribution in [2.45, 2.75) is 57.4 Å². The van der Waals surface area contributed by atoms with Crippen molar-refractivity contribution in [3.05, 3.63) is 0 Å². The van der Waals surface area contributed by atoms with E-state index in [2.05, 4.69) is 10.6 Å². The number of halogens is 1. The summed E-state index contributed by atoms with van der Waals surface area (Å²) in [6.45, 7) is 2.18. The van der Waals surface area contributed by atoms with Crippen LogP contribution in [0.2, 0.25) is 0 Å². The maximum Gasteiger partial charge on any atom is 0.223 e. The zero-order valence-electron chi connectivity index (χ0n) is 13.6. The number of amides is 2. The number of hydrogen-bond acceptors (Lipinski definition) is 3. The van der Waals surface area contributed by atoms with Gasteiger partial charge in [-0.2, -0.15) is 0 Å². The second-order valence-electron chi connectivity index (χ2n) is 6.44. The Morgan fingerprint density at radius 2 is 1.82 bits per heavy atom. The topological polar surface area (TPSA) is 61.4 Å². The maximum absolute atomic E-state index is 12.0. The first-order chi connectivity index (χ1) is 10.2. The first-order valence-corrected chi connectivity index (χ1v) is 8.42. The summed E-state index contributed by atoms with van der Waals surface area (Å²) in [5.41, 5.74) is 0. The third-order valence-corrected chi connectivity index (χ3v) is 4.74. The van der Waals surface area contributed by atoms with E-state index in [0.717, 1.165) is 13.0 Å². The SMILES string of the molecule is CN1CCC(C(=O)NCCNC2CCCCCC2)CC1=O.Cl. The summed E-state index contributed by atoms with van der Waals surface area (Å²) >= 11 is 0. The van der Waals surface area contributed by atoms with Gasteiger partial charge in [-0.1, -0.05) is 25.7 Å². The summed E-state index contributed by atoms with van der Waals surface area (Å²) < 4.78 is 0. The van der Waals surface area contributed by atoms with E-state index in [1.165, 1.54) is 38.5 Å². The van der Waals surface area contributed by atoms with Crippen LogP contribution in [0.15, 0.2) is 0 Å². The van der Waals surface area contributed by atoms with E-state index in [-0.39, 0.29) is 30.1 Å². The molecule has 0 aromatic rings. The molecule has 0 radical (unpaired) electrons. The second-order valence-corrected chi connectivity index (χ2v) is 6.44. The molecule has 1 atom stereocenters. The highest BCUT2D eigenvalue weighted by atomic mass is 35.5. The Labute approximate surface area is 140 Å². The fourth-order valence-electron chi connectivity index (χ4n) is 3.26. The summed E-state index contributed by atoms with van der Waals surface area (Å²) in [4.78, 5) is 25.4. The first-order valence-electron chi connectivity index (χ1n) is 8.42. The molecule has 0 bridgehead atoms. The van der Waals surface area contributed by atoms with Gasteiger partial charge in [-0.05, 0) is 19.3 Å². The highest BCUT2D eigenvalue weighted by molar-refractivity contribution is 5.86. The lowest BCUT2D eigenvalue weighted by Gasteiger charge is -2.28. The second kappa shape index (κ2) is 10.1. The van der Waals surface area contributed by atoms with E-state index < -0.39 is 0 Å². The Morgan fingerprint density at radius 1 is 1.14 bits per heavy atom. The Hall–Kier alpha value is -0.810. The largest absolute Gasteiger partial charge is 0.355 e. The zero-order valence-corrected chi connectivity index (χ0v) is 14.4. The van der Waals surface area contributed by atoms with Crippen LogP contribution in [0.3, 0.4) is 0 Å². The van der Waals surface area contributed by atoms with Crippen LogP contribution in [0.5, 0.6) is 0 Å². The molecule has 1 unspecified atom stereocenters. The lowest BCUT2D eigenvalue weighted by molar-refractivity contribution is -0.139. The van der Waals surface area contributed by atoms with E-state index in [9.17, 15) is 9.59 Å². The molecule has 1 aliphatic carbocycles. The zero-order chi connectivity index (χ0) is 15.1. The van der Waals surface area contributed by atoms with Gasteiger partial charge in [-0.3, -0.25) is 9.59 Å². The predicted molar refractivity (Wildman–Crippen MR) is 90.1 cm³/mol. The number of carbonyl (C=O) groups excluding carboxylic acids is 2. The van der Waals surface area contributed by atoms with Gasteiger partial charge in [0.25, 0.3) is 0 Å². The lowest BCUT2D eigenvalue weighted by Crippen LogP contribution is -2.44. The molecule has 2 amide bonds. The van der Waals surface area contributed by atoms with Gasteiger partial charge in [0.15, 0.2) is 0 Å². The molecule has 2 N–H and O–H groups in total. The molecule has 1 heterocycles. The molecular formula is C16H30ClN3O2. The van der Waals surface area contributed by atoms with Gasteiger partial charge in [0.2, 0.25) is 11.8 Å². The van der Waals surface area contributed by atoms with Crippen molar-refractivity contribution in [1.82, 2.24) is 15.5 Å². The molecule has 0 spiro atoms. The molecule has 2 aliphatic rings. The number of hydrogen-bond donors (Lipinski definition) is 2. The third kappa shape index (κ3) is 6.13. The van der Waals surface area contributed by atoms with Crippen molar-refractivity contribution in [2.75, 3.05) is 26.7 Å². The van der Waals surface area contributed by atoms with Gasteiger partial charge in [0, 0.05) is 45.1 Å². The van der Waals surface area contributed by atoms with Gasteiger partial charge in [-0.25, -0.2) is 0 Å².